The Morgan fingerprint density at radius 3 is 2.03 bits per heavy atom. The molecule has 0 spiro atoms. The van der Waals surface area contributed by atoms with Crippen LogP contribution in [0.4, 0.5) is 5.69 Å². The Bertz CT molecular complexity index is 805. The monoisotopic (exact) mass is 512 g/mol. The SMILES string of the molecule is C=C(c1cc(CC)c(CCCCN(C)C)cc1N=C(C)N(CCC)CCCC)N(C)C(CCC)CCC. The van der Waals surface area contributed by atoms with Gasteiger partial charge in [0, 0.05) is 37.4 Å². The second-order valence-electron chi connectivity index (χ2n) is 11.0. The molecule has 0 unspecified atom stereocenters. The quantitative estimate of drug-likeness (QED) is 0.105. The summed E-state index contributed by atoms with van der Waals surface area (Å²) in [5.41, 5.74) is 6.33. The van der Waals surface area contributed by atoms with Crippen LogP contribution < -0.4 is 0 Å². The molecule has 0 aromatic heterocycles. The number of hydrogen-bond donors (Lipinski definition) is 0. The van der Waals surface area contributed by atoms with Crippen LogP contribution in [0.3, 0.4) is 0 Å². The summed E-state index contributed by atoms with van der Waals surface area (Å²) < 4.78 is 0. The van der Waals surface area contributed by atoms with E-state index < -0.39 is 0 Å². The number of nitrogens with zero attached hydrogens (tertiary/aromatic N) is 4. The number of rotatable bonds is 19. The molecule has 0 radical (unpaired) electrons. The number of aryl methyl sites for hydroxylation is 2. The molecule has 0 N–H and O–H groups in total. The summed E-state index contributed by atoms with van der Waals surface area (Å²) in [4.78, 5) is 12.5. The molecule has 0 saturated heterocycles. The molecule has 0 amide bonds. The Labute approximate surface area is 231 Å². The van der Waals surface area contributed by atoms with Crippen molar-refractivity contribution in [2.75, 3.05) is 40.8 Å². The van der Waals surface area contributed by atoms with Crippen LogP contribution in [0.25, 0.3) is 5.70 Å². The van der Waals surface area contributed by atoms with Crippen molar-refractivity contribution >= 4 is 17.2 Å². The third-order valence-corrected chi connectivity index (χ3v) is 7.54. The third-order valence-electron chi connectivity index (χ3n) is 7.54. The van der Waals surface area contributed by atoms with Gasteiger partial charge in [-0.15, -0.1) is 0 Å². The summed E-state index contributed by atoms with van der Waals surface area (Å²) in [7, 11) is 6.56. The Kier molecular flexibility index (Phi) is 16.6. The van der Waals surface area contributed by atoms with Gasteiger partial charge in [0.05, 0.1) is 5.69 Å². The van der Waals surface area contributed by atoms with E-state index in [4.69, 9.17) is 4.99 Å². The summed E-state index contributed by atoms with van der Waals surface area (Å²) in [6.07, 6.45) is 12.9. The number of unbranched alkanes of at least 4 members (excludes halogenated alkanes) is 2. The average Bonchev–Trinajstić information content (AvgIpc) is 2.87. The Morgan fingerprint density at radius 1 is 0.811 bits per heavy atom. The summed E-state index contributed by atoms with van der Waals surface area (Å²) in [6, 6.07) is 5.33. The molecule has 0 atom stereocenters. The van der Waals surface area contributed by atoms with Gasteiger partial charge in [0.25, 0.3) is 0 Å². The lowest BCUT2D eigenvalue weighted by atomic mass is 9.94. The minimum absolute atomic E-state index is 0.525. The van der Waals surface area contributed by atoms with Crippen LogP contribution in [0, 0.1) is 0 Å². The second kappa shape index (κ2) is 18.4. The summed E-state index contributed by atoms with van der Waals surface area (Å²) in [6.45, 7) is 21.5. The molecule has 4 nitrogen and oxygen atoms in total. The zero-order chi connectivity index (χ0) is 27.8. The van der Waals surface area contributed by atoms with Crippen molar-refractivity contribution in [3.05, 3.63) is 35.4 Å². The maximum Gasteiger partial charge on any atom is 0.102 e. The Morgan fingerprint density at radius 2 is 1.49 bits per heavy atom. The molecule has 0 aliphatic heterocycles. The first-order chi connectivity index (χ1) is 17.7. The van der Waals surface area contributed by atoms with E-state index in [1.54, 1.807) is 0 Å². The van der Waals surface area contributed by atoms with Gasteiger partial charge >= 0.3 is 0 Å². The van der Waals surface area contributed by atoms with Gasteiger partial charge in [-0.1, -0.05) is 60.5 Å². The highest BCUT2D eigenvalue weighted by atomic mass is 15.2. The van der Waals surface area contributed by atoms with E-state index >= 15 is 0 Å². The highest BCUT2D eigenvalue weighted by Crippen LogP contribution is 2.34. The lowest BCUT2D eigenvalue weighted by Gasteiger charge is -2.32. The Hall–Kier alpha value is -1.81. The van der Waals surface area contributed by atoms with E-state index in [0.717, 1.165) is 56.1 Å². The molecular weight excluding hydrogens is 452 g/mol. The number of amidine groups is 1. The molecule has 1 aromatic carbocycles. The summed E-state index contributed by atoms with van der Waals surface area (Å²) in [5, 5.41) is 0. The standard InChI is InChI=1S/C33H60N4/c1-11-16-24-37(22-14-4)28(7)34-33-26-30(21-17-18-23-35(8)9)29(15-5)25-32(33)27(6)36(10)31(19-12-2)20-13-3/h25-26,31H,6,11-24H2,1-5,7-10H3. The highest BCUT2D eigenvalue weighted by molar-refractivity contribution is 5.85. The lowest BCUT2D eigenvalue weighted by Crippen LogP contribution is -2.31. The zero-order valence-corrected chi connectivity index (χ0v) is 26.1. The highest BCUT2D eigenvalue weighted by Gasteiger charge is 2.20. The van der Waals surface area contributed by atoms with E-state index in [1.807, 2.05) is 0 Å². The van der Waals surface area contributed by atoms with E-state index in [9.17, 15) is 0 Å². The number of benzene rings is 1. The van der Waals surface area contributed by atoms with Crippen LogP contribution in [0.15, 0.2) is 23.7 Å². The van der Waals surface area contributed by atoms with Crippen LogP contribution in [0.1, 0.15) is 116 Å². The van der Waals surface area contributed by atoms with Crippen LogP contribution in [0.5, 0.6) is 0 Å². The molecule has 37 heavy (non-hydrogen) atoms. The van der Waals surface area contributed by atoms with Crippen molar-refractivity contribution < 1.29 is 0 Å². The smallest absolute Gasteiger partial charge is 0.102 e. The van der Waals surface area contributed by atoms with Crippen molar-refractivity contribution in [3.63, 3.8) is 0 Å². The minimum Gasteiger partial charge on any atom is -0.372 e. The van der Waals surface area contributed by atoms with Crippen molar-refractivity contribution in [2.24, 2.45) is 4.99 Å². The van der Waals surface area contributed by atoms with Crippen LogP contribution in [-0.4, -0.2) is 67.4 Å². The van der Waals surface area contributed by atoms with Gasteiger partial charge in [0.1, 0.15) is 5.84 Å². The van der Waals surface area contributed by atoms with E-state index in [0.29, 0.717) is 6.04 Å². The third kappa shape index (κ3) is 11.2. The van der Waals surface area contributed by atoms with Crippen molar-refractivity contribution in [2.45, 2.75) is 118 Å². The molecule has 0 saturated carbocycles. The predicted octanol–water partition coefficient (Wildman–Crippen LogP) is 8.57. The lowest BCUT2D eigenvalue weighted by molar-refractivity contribution is 0.306. The molecule has 0 aliphatic rings. The van der Waals surface area contributed by atoms with Crippen molar-refractivity contribution in [1.29, 1.82) is 0 Å². The molecule has 0 bridgehead atoms. The van der Waals surface area contributed by atoms with Gasteiger partial charge < -0.3 is 14.7 Å². The molecule has 212 valence electrons. The van der Waals surface area contributed by atoms with Crippen molar-refractivity contribution in [1.82, 2.24) is 14.7 Å². The first-order valence-electron chi connectivity index (χ1n) is 15.3. The van der Waals surface area contributed by atoms with Crippen LogP contribution in [0.2, 0.25) is 0 Å². The zero-order valence-electron chi connectivity index (χ0n) is 26.1. The molecule has 0 aliphatic carbocycles. The fourth-order valence-corrected chi connectivity index (χ4v) is 5.21. The largest absolute Gasteiger partial charge is 0.372 e. The van der Waals surface area contributed by atoms with E-state index in [2.05, 4.69) is 96.1 Å². The molecular formula is C33H60N4. The summed E-state index contributed by atoms with van der Waals surface area (Å²) in [5.74, 6) is 1.13. The first kappa shape index (κ1) is 33.2. The van der Waals surface area contributed by atoms with E-state index in [-0.39, 0.29) is 0 Å². The number of hydrogen-bond acceptors (Lipinski definition) is 3. The van der Waals surface area contributed by atoms with Gasteiger partial charge in [-0.05, 0) is 102 Å². The maximum absolute atomic E-state index is 5.33. The van der Waals surface area contributed by atoms with E-state index in [1.165, 1.54) is 68.1 Å². The van der Waals surface area contributed by atoms with Crippen molar-refractivity contribution in [3.8, 4) is 0 Å². The second-order valence-corrected chi connectivity index (χ2v) is 11.0. The maximum atomic E-state index is 5.33. The average molecular weight is 513 g/mol. The molecule has 0 fully saturated rings. The summed E-state index contributed by atoms with van der Waals surface area (Å²) >= 11 is 0. The van der Waals surface area contributed by atoms with Gasteiger partial charge in [-0.25, -0.2) is 4.99 Å². The van der Waals surface area contributed by atoms with Gasteiger partial charge in [-0.2, -0.15) is 0 Å². The molecule has 4 heteroatoms. The Balaban J connectivity index is 3.51. The molecule has 0 heterocycles. The molecule has 1 aromatic rings. The molecule has 1 rings (SSSR count). The van der Waals surface area contributed by atoms with Gasteiger partial charge in [-0.3, -0.25) is 0 Å². The van der Waals surface area contributed by atoms with Crippen LogP contribution >= 0.6 is 0 Å². The minimum atomic E-state index is 0.525. The first-order valence-corrected chi connectivity index (χ1v) is 15.3. The fraction of sp³-hybridized carbons (Fsp3) is 0.727. The number of aliphatic imine (C=N–C) groups is 1. The predicted molar refractivity (Wildman–Crippen MR) is 167 cm³/mol. The topological polar surface area (TPSA) is 22.1 Å². The fourth-order valence-electron chi connectivity index (χ4n) is 5.21. The van der Waals surface area contributed by atoms with Gasteiger partial charge in [0.2, 0.25) is 0 Å². The normalized spacial score (nSPS) is 12.0. The van der Waals surface area contributed by atoms with Gasteiger partial charge in [0.15, 0.2) is 0 Å². The van der Waals surface area contributed by atoms with Crippen LogP contribution in [-0.2, 0) is 12.8 Å².